The number of urea groups is 1. The number of carbonyl (C=O) groups is 2. The van der Waals surface area contributed by atoms with Gasteiger partial charge in [-0.05, 0) is 12.5 Å². The summed E-state index contributed by atoms with van der Waals surface area (Å²) in [6.45, 7) is 9.02. The van der Waals surface area contributed by atoms with Crippen molar-refractivity contribution in [3.8, 4) is 0 Å². The number of hydrogen-bond acceptors (Lipinski definition) is 7. The molecule has 0 saturated carbocycles. The zero-order valence-electron chi connectivity index (χ0n) is 18.1. The van der Waals surface area contributed by atoms with Crippen molar-refractivity contribution < 1.29 is 9.59 Å². The van der Waals surface area contributed by atoms with Gasteiger partial charge in [-0.15, -0.1) is 0 Å². The van der Waals surface area contributed by atoms with Gasteiger partial charge in [0.05, 0.1) is 0 Å². The minimum absolute atomic E-state index is 0.285. The molecule has 1 aromatic rings. The van der Waals surface area contributed by atoms with E-state index in [2.05, 4.69) is 50.3 Å². The van der Waals surface area contributed by atoms with E-state index in [-0.39, 0.29) is 5.91 Å². The quantitative estimate of drug-likeness (QED) is 0.745. The molecular formula is C22H29N7O2. The number of amides is 3. The second-order valence-electron chi connectivity index (χ2n) is 8.63. The largest absolute Gasteiger partial charge is 0.325 e. The lowest BCUT2D eigenvalue weighted by molar-refractivity contribution is -0.126. The smallest absolute Gasteiger partial charge is 0.313 e. The molecule has 2 unspecified atom stereocenters. The van der Waals surface area contributed by atoms with E-state index in [1.54, 1.807) is 7.05 Å². The molecule has 5 rings (SSSR count). The van der Waals surface area contributed by atoms with Crippen LogP contribution < -0.4 is 5.32 Å². The normalized spacial score (nSPS) is 26.6. The van der Waals surface area contributed by atoms with E-state index in [4.69, 9.17) is 4.99 Å². The maximum atomic E-state index is 12.4. The molecule has 4 aliphatic rings. The number of benzene rings is 1. The van der Waals surface area contributed by atoms with Gasteiger partial charge in [-0.1, -0.05) is 30.3 Å². The van der Waals surface area contributed by atoms with Crippen molar-refractivity contribution in [3.63, 3.8) is 0 Å². The van der Waals surface area contributed by atoms with E-state index in [0.29, 0.717) is 0 Å². The van der Waals surface area contributed by atoms with Gasteiger partial charge in [0.25, 0.3) is 5.91 Å². The van der Waals surface area contributed by atoms with E-state index >= 15 is 0 Å². The summed E-state index contributed by atoms with van der Waals surface area (Å²) in [5.41, 5.74) is 2.44. The number of carbonyl (C=O) groups excluding carboxylic acids is 2. The number of aliphatic imine (C=N–C) groups is 1. The lowest BCUT2D eigenvalue weighted by Crippen LogP contribution is -2.62. The molecule has 2 fully saturated rings. The molecule has 164 valence electrons. The molecule has 2 atom stereocenters. The molecule has 0 aliphatic carbocycles. The van der Waals surface area contributed by atoms with Gasteiger partial charge in [-0.2, -0.15) is 0 Å². The number of nitrogens with one attached hydrogen (secondary N) is 1. The number of hydrogen-bond donors (Lipinski definition) is 1. The average molecular weight is 424 g/mol. The monoisotopic (exact) mass is 423 g/mol. The number of piperazine rings is 1. The van der Waals surface area contributed by atoms with Gasteiger partial charge in [-0.25, -0.2) is 9.79 Å². The van der Waals surface area contributed by atoms with E-state index in [1.807, 2.05) is 18.0 Å². The first-order chi connectivity index (χ1) is 15.0. The lowest BCUT2D eigenvalue weighted by atomic mass is 10.1. The SMILES string of the molecule is CC1=CN2C(=NC3C2C(=O)NC(=O)N3C)N1CCN1CCN(Cc2ccccc2)CC1. The van der Waals surface area contributed by atoms with Gasteiger partial charge >= 0.3 is 6.03 Å². The summed E-state index contributed by atoms with van der Waals surface area (Å²) in [4.78, 5) is 39.7. The second-order valence-corrected chi connectivity index (χ2v) is 8.63. The highest BCUT2D eigenvalue weighted by atomic mass is 16.2. The van der Waals surface area contributed by atoms with Crippen LogP contribution in [0, 0.1) is 0 Å². The highest BCUT2D eigenvalue weighted by Gasteiger charge is 2.51. The summed E-state index contributed by atoms with van der Waals surface area (Å²) < 4.78 is 0. The van der Waals surface area contributed by atoms with Crippen LogP contribution in [0.4, 0.5) is 4.79 Å². The molecule has 0 aromatic heterocycles. The Bertz CT molecular complexity index is 923. The molecular weight excluding hydrogens is 394 g/mol. The van der Waals surface area contributed by atoms with Crippen molar-refractivity contribution in [2.75, 3.05) is 46.3 Å². The second kappa shape index (κ2) is 7.97. The van der Waals surface area contributed by atoms with Gasteiger partial charge in [0.1, 0.15) is 0 Å². The average Bonchev–Trinajstić information content (AvgIpc) is 3.27. The van der Waals surface area contributed by atoms with E-state index < -0.39 is 18.2 Å². The van der Waals surface area contributed by atoms with Crippen molar-refractivity contribution in [3.05, 3.63) is 47.8 Å². The minimum atomic E-state index is -0.487. The molecule has 1 aromatic carbocycles. The van der Waals surface area contributed by atoms with Gasteiger partial charge in [0, 0.05) is 64.8 Å². The van der Waals surface area contributed by atoms with Crippen LogP contribution in [0.3, 0.4) is 0 Å². The highest BCUT2D eigenvalue weighted by Crippen LogP contribution is 2.31. The van der Waals surface area contributed by atoms with E-state index in [1.165, 1.54) is 10.5 Å². The Morgan fingerprint density at radius 3 is 2.48 bits per heavy atom. The van der Waals surface area contributed by atoms with Crippen LogP contribution in [0.5, 0.6) is 0 Å². The van der Waals surface area contributed by atoms with Crippen molar-refractivity contribution in [1.82, 2.24) is 29.8 Å². The van der Waals surface area contributed by atoms with Gasteiger partial charge < -0.3 is 14.7 Å². The maximum absolute atomic E-state index is 12.4. The van der Waals surface area contributed by atoms with Gasteiger partial charge in [0.2, 0.25) is 5.96 Å². The number of nitrogens with zero attached hydrogens (tertiary/aromatic N) is 6. The minimum Gasteiger partial charge on any atom is -0.313 e. The van der Waals surface area contributed by atoms with Crippen LogP contribution >= 0.6 is 0 Å². The third-order valence-corrected chi connectivity index (χ3v) is 6.62. The molecule has 0 spiro atoms. The number of guanidine groups is 1. The molecule has 4 aliphatic heterocycles. The summed E-state index contributed by atoms with van der Waals surface area (Å²) in [5, 5.41) is 2.42. The third kappa shape index (κ3) is 3.68. The molecule has 4 heterocycles. The van der Waals surface area contributed by atoms with Crippen LogP contribution in [-0.4, -0.2) is 101 Å². The molecule has 9 nitrogen and oxygen atoms in total. The summed E-state index contributed by atoms with van der Waals surface area (Å²) in [6, 6.07) is 9.75. The Balaban J connectivity index is 1.17. The third-order valence-electron chi connectivity index (χ3n) is 6.62. The predicted octanol–water partition coefficient (Wildman–Crippen LogP) is 0.529. The number of rotatable bonds is 5. The summed E-state index contributed by atoms with van der Waals surface area (Å²) in [7, 11) is 1.68. The Kier molecular flexibility index (Phi) is 5.15. The first-order valence-electron chi connectivity index (χ1n) is 10.9. The fourth-order valence-corrected chi connectivity index (χ4v) is 4.78. The van der Waals surface area contributed by atoms with Crippen LogP contribution in [-0.2, 0) is 11.3 Å². The Morgan fingerprint density at radius 1 is 1.03 bits per heavy atom. The standard InChI is InChI=1S/C22H29N7O2/c1-16-14-29-18-19(25(2)22(31)24-20(18)30)23-21(29)28(16)13-12-26-8-10-27(11-9-26)15-17-6-4-3-5-7-17/h3-7,14,18-19H,8-13,15H2,1-2H3,(H,24,30,31). The molecule has 2 saturated heterocycles. The molecule has 0 bridgehead atoms. The molecule has 9 heteroatoms. The number of imide groups is 1. The molecule has 0 radical (unpaired) electrons. The predicted molar refractivity (Wildman–Crippen MR) is 117 cm³/mol. The number of allylic oxidation sites excluding steroid dienone is 1. The zero-order chi connectivity index (χ0) is 21.5. The van der Waals surface area contributed by atoms with Crippen LogP contribution in [0.1, 0.15) is 12.5 Å². The Labute approximate surface area is 182 Å². The van der Waals surface area contributed by atoms with Crippen molar-refractivity contribution in [2.45, 2.75) is 25.7 Å². The summed E-state index contributed by atoms with van der Waals surface area (Å²) in [5.74, 6) is 0.485. The number of likely N-dealkylation sites (N-methyl/N-ethyl adjacent to an activating group) is 1. The fourth-order valence-electron chi connectivity index (χ4n) is 4.78. The lowest BCUT2D eigenvalue weighted by Gasteiger charge is -2.35. The van der Waals surface area contributed by atoms with E-state index in [9.17, 15) is 9.59 Å². The highest BCUT2D eigenvalue weighted by molar-refractivity contribution is 6.04. The van der Waals surface area contributed by atoms with Crippen molar-refractivity contribution >= 4 is 17.9 Å². The zero-order valence-corrected chi connectivity index (χ0v) is 18.1. The first-order valence-corrected chi connectivity index (χ1v) is 10.9. The number of fused-ring (bicyclic) bond motifs is 3. The molecule has 3 amide bonds. The van der Waals surface area contributed by atoms with E-state index in [0.717, 1.165) is 57.5 Å². The van der Waals surface area contributed by atoms with Gasteiger partial charge in [-0.3, -0.25) is 19.9 Å². The first kappa shape index (κ1) is 20.0. The van der Waals surface area contributed by atoms with Crippen molar-refractivity contribution in [2.24, 2.45) is 4.99 Å². The fraction of sp³-hybridized carbons (Fsp3) is 0.500. The van der Waals surface area contributed by atoms with Crippen LogP contribution in [0.15, 0.2) is 47.2 Å². The molecule has 31 heavy (non-hydrogen) atoms. The Morgan fingerprint density at radius 2 is 1.74 bits per heavy atom. The summed E-state index contributed by atoms with van der Waals surface area (Å²) in [6.07, 6.45) is 1.51. The Hall–Kier alpha value is -2.91. The van der Waals surface area contributed by atoms with Gasteiger partial charge in [0.15, 0.2) is 12.2 Å². The van der Waals surface area contributed by atoms with Crippen LogP contribution in [0.25, 0.3) is 0 Å². The van der Waals surface area contributed by atoms with Crippen molar-refractivity contribution in [1.29, 1.82) is 0 Å². The topological polar surface area (TPSA) is 74.7 Å². The van der Waals surface area contributed by atoms with Crippen LogP contribution in [0.2, 0.25) is 0 Å². The molecule has 1 N–H and O–H groups in total. The summed E-state index contributed by atoms with van der Waals surface area (Å²) >= 11 is 0. The maximum Gasteiger partial charge on any atom is 0.325 e.